The predicted molar refractivity (Wildman–Crippen MR) is 124 cm³/mol. The van der Waals surface area contributed by atoms with Crippen molar-refractivity contribution in [2.75, 3.05) is 5.32 Å². The quantitative estimate of drug-likeness (QED) is 0.341. The van der Waals surface area contributed by atoms with Gasteiger partial charge in [0.15, 0.2) is 11.0 Å². The van der Waals surface area contributed by atoms with Gasteiger partial charge in [0.1, 0.15) is 16.9 Å². The summed E-state index contributed by atoms with van der Waals surface area (Å²) in [6.45, 7) is 0. The molecule has 33 heavy (non-hydrogen) atoms. The molecule has 1 atom stereocenters. The molecule has 1 saturated carbocycles. The summed E-state index contributed by atoms with van der Waals surface area (Å²) in [7, 11) is 0. The lowest BCUT2D eigenvalue weighted by atomic mass is 10.1. The van der Waals surface area contributed by atoms with Crippen LogP contribution in [0.3, 0.4) is 0 Å². The Morgan fingerprint density at radius 2 is 1.64 bits per heavy atom. The van der Waals surface area contributed by atoms with Crippen molar-refractivity contribution in [2.24, 2.45) is 0 Å². The molecule has 5 nitrogen and oxygen atoms in total. The van der Waals surface area contributed by atoms with Crippen LogP contribution in [0.25, 0.3) is 11.4 Å². The monoisotopic (exact) mass is 462 g/mol. The Kier molecular flexibility index (Phi) is 5.92. The van der Waals surface area contributed by atoms with Crippen molar-refractivity contribution in [1.29, 1.82) is 0 Å². The van der Waals surface area contributed by atoms with Gasteiger partial charge in [-0.25, -0.2) is 8.78 Å². The topological polar surface area (TPSA) is 59.8 Å². The van der Waals surface area contributed by atoms with E-state index in [4.69, 9.17) is 0 Å². The summed E-state index contributed by atoms with van der Waals surface area (Å²) in [4.78, 5) is 13.3. The lowest BCUT2D eigenvalue weighted by molar-refractivity contribution is -0.115. The van der Waals surface area contributed by atoms with Crippen LogP contribution in [0.2, 0.25) is 0 Å². The third-order valence-electron chi connectivity index (χ3n) is 5.37. The maximum Gasteiger partial charge on any atom is 0.242 e. The van der Waals surface area contributed by atoms with Crippen molar-refractivity contribution in [1.82, 2.24) is 14.8 Å². The van der Waals surface area contributed by atoms with E-state index in [1.54, 1.807) is 18.2 Å². The molecule has 0 bridgehead atoms. The zero-order chi connectivity index (χ0) is 22.8. The number of carbonyl (C=O) groups is 1. The van der Waals surface area contributed by atoms with Gasteiger partial charge < -0.3 is 5.32 Å². The first kappa shape index (κ1) is 21.3. The van der Waals surface area contributed by atoms with Crippen molar-refractivity contribution in [2.45, 2.75) is 29.3 Å². The molecule has 0 aliphatic heterocycles. The smallest absolute Gasteiger partial charge is 0.242 e. The van der Waals surface area contributed by atoms with Crippen LogP contribution in [0.15, 0.2) is 84.0 Å². The SMILES string of the molecule is O=C(Nc1ccc(F)cc1)C(Sc1nnc(-c2ccccc2F)n1C1CC1)c1ccccc1. The molecule has 3 aromatic carbocycles. The van der Waals surface area contributed by atoms with Crippen molar-refractivity contribution in [3.63, 3.8) is 0 Å². The van der Waals surface area contributed by atoms with Crippen molar-refractivity contribution >= 4 is 23.4 Å². The van der Waals surface area contributed by atoms with Gasteiger partial charge in [-0.2, -0.15) is 0 Å². The fraction of sp³-hybridized carbons (Fsp3) is 0.160. The average molecular weight is 463 g/mol. The highest BCUT2D eigenvalue weighted by atomic mass is 32.2. The fourth-order valence-corrected chi connectivity index (χ4v) is 4.70. The van der Waals surface area contributed by atoms with Gasteiger partial charge in [0.2, 0.25) is 5.91 Å². The number of nitrogens with zero attached hydrogens (tertiary/aromatic N) is 3. The summed E-state index contributed by atoms with van der Waals surface area (Å²) in [6.07, 6.45) is 1.90. The molecule has 1 heterocycles. The molecular formula is C25H20F2N4OS. The highest BCUT2D eigenvalue weighted by Crippen LogP contribution is 2.44. The average Bonchev–Trinajstić information content (AvgIpc) is 3.59. The van der Waals surface area contributed by atoms with Crippen LogP contribution in [0.5, 0.6) is 0 Å². The molecule has 0 radical (unpaired) electrons. The Morgan fingerprint density at radius 3 is 2.33 bits per heavy atom. The van der Waals surface area contributed by atoms with E-state index >= 15 is 0 Å². The Labute approximate surface area is 193 Å². The summed E-state index contributed by atoms with van der Waals surface area (Å²) >= 11 is 1.27. The van der Waals surface area contributed by atoms with Gasteiger partial charge >= 0.3 is 0 Å². The molecule has 1 fully saturated rings. The number of hydrogen-bond donors (Lipinski definition) is 1. The summed E-state index contributed by atoms with van der Waals surface area (Å²) < 4.78 is 29.7. The molecule has 0 saturated heterocycles. The maximum atomic E-state index is 14.5. The van der Waals surface area contributed by atoms with E-state index < -0.39 is 5.25 Å². The van der Waals surface area contributed by atoms with Crippen LogP contribution in [0, 0.1) is 11.6 Å². The number of carbonyl (C=O) groups excluding carboxylic acids is 1. The van der Waals surface area contributed by atoms with Gasteiger partial charge in [-0.05, 0) is 54.8 Å². The Bertz CT molecular complexity index is 1270. The van der Waals surface area contributed by atoms with Crippen molar-refractivity contribution < 1.29 is 13.6 Å². The molecule has 0 spiro atoms. The van der Waals surface area contributed by atoms with E-state index in [2.05, 4.69) is 15.5 Å². The van der Waals surface area contributed by atoms with Crippen LogP contribution in [-0.2, 0) is 4.79 Å². The molecule has 4 aromatic rings. The molecular weight excluding hydrogens is 442 g/mol. The molecule has 1 aromatic heterocycles. The number of halogens is 2. The lowest BCUT2D eigenvalue weighted by Crippen LogP contribution is -2.19. The number of thioether (sulfide) groups is 1. The van der Waals surface area contributed by atoms with Gasteiger partial charge in [0, 0.05) is 11.7 Å². The minimum Gasteiger partial charge on any atom is -0.325 e. The largest absolute Gasteiger partial charge is 0.325 e. The van der Waals surface area contributed by atoms with E-state index in [-0.39, 0.29) is 23.6 Å². The third kappa shape index (κ3) is 4.66. The molecule has 1 aliphatic carbocycles. The van der Waals surface area contributed by atoms with Crippen LogP contribution < -0.4 is 5.32 Å². The van der Waals surface area contributed by atoms with E-state index in [1.807, 2.05) is 34.9 Å². The van der Waals surface area contributed by atoms with E-state index in [0.29, 0.717) is 22.2 Å². The number of amides is 1. The van der Waals surface area contributed by atoms with Crippen LogP contribution in [-0.4, -0.2) is 20.7 Å². The first-order valence-electron chi connectivity index (χ1n) is 10.6. The van der Waals surface area contributed by atoms with Crippen LogP contribution in [0.1, 0.15) is 29.7 Å². The minimum absolute atomic E-state index is 0.175. The zero-order valence-corrected chi connectivity index (χ0v) is 18.3. The second kappa shape index (κ2) is 9.15. The second-order valence-corrected chi connectivity index (χ2v) is 8.86. The van der Waals surface area contributed by atoms with Gasteiger partial charge in [0.05, 0.1) is 5.56 Å². The predicted octanol–water partition coefficient (Wildman–Crippen LogP) is 6.03. The first-order chi connectivity index (χ1) is 16.1. The molecule has 5 rings (SSSR count). The number of nitrogens with one attached hydrogen (secondary N) is 1. The van der Waals surface area contributed by atoms with Crippen LogP contribution >= 0.6 is 11.8 Å². The molecule has 166 valence electrons. The molecule has 1 unspecified atom stereocenters. The van der Waals surface area contributed by atoms with Gasteiger partial charge in [-0.3, -0.25) is 9.36 Å². The zero-order valence-electron chi connectivity index (χ0n) is 17.5. The molecule has 8 heteroatoms. The van der Waals surface area contributed by atoms with E-state index in [1.165, 1.54) is 42.1 Å². The van der Waals surface area contributed by atoms with Crippen molar-refractivity contribution in [3.05, 3.63) is 96.1 Å². The summed E-state index contributed by atoms with van der Waals surface area (Å²) in [5.41, 5.74) is 1.68. The Morgan fingerprint density at radius 1 is 0.939 bits per heavy atom. The Balaban J connectivity index is 1.49. The number of anilines is 1. The number of benzene rings is 3. The Hall–Kier alpha value is -3.52. The van der Waals surface area contributed by atoms with Gasteiger partial charge in [-0.1, -0.05) is 54.2 Å². The molecule has 1 amide bonds. The second-order valence-electron chi connectivity index (χ2n) is 7.79. The van der Waals surface area contributed by atoms with Gasteiger partial charge in [-0.15, -0.1) is 10.2 Å². The highest BCUT2D eigenvalue weighted by Gasteiger charge is 2.33. The minimum atomic E-state index is -0.633. The summed E-state index contributed by atoms with van der Waals surface area (Å²) in [5.74, 6) is -0.545. The van der Waals surface area contributed by atoms with Crippen molar-refractivity contribution in [3.8, 4) is 11.4 Å². The number of aromatic nitrogens is 3. The normalized spacial score (nSPS) is 14.1. The van der Waals surface area contributed by atoms with Gasteiger partial charge in [0.25, 0.3) is 0 Å². The highest BCUT2D eigenvalue weighted by molar-refractivity contribution is 8.00. The number of rotatable bonds is 7. The molecule has 1 N–H and O–H groups in total. The standard InChI is InChI=1S/C25H20F2N4OS/c26-17-10-12-18(13-11-17)28-24(32)22(16-6-2-1-3-7-16)33-25-30-29-23(31(25)19-14-15-19)20-8-4-5-9-21(20)27/h1-13,19,22H,14-15H2,(H,28,32). The number of hydrogen-bond acceptors (Lipinski definition) is 4. The van der Waals surface area contributed by atoms with Crippen LogP contribution in [0.4, 0.5) is 14.5 Å². The summed E-state index contributed by atoms with van der Waals surface area (Å²) in [6, 6.07) is 21.6. The molecule has 1 aliphatic rings. The maximum absolute atomic E-state index is 14.5. The van der Waals surface area contributed by atoms with E-state index in [9.17, 15) is 13.6 Å². The lowest BCUT2D eigenvalue weighted by Gasteiger charge is -2.17. The van der Waals surface area contributed by atoms with E-state index in [0.717, 1.165) is 18.4 Å². The fourth-order valence-electron chi connectivity index (χ4n) is 3.59. The summed E-state index contributed by atoms with van der Waals surface area (Å²) in [5, 5.41) is 11.4. The first-order valence-corrected chi connectivity index (χ1v) is 11.5. The third-order valence-corrected chi connectivity index (χ3v) is 6.58.